The number of carbonyl (C=O) groups excluding carboxylic acids is 1. The Hall–Kier alpha value is -2.96. The van der Waals surface area contributed by atoms with Crippen molar-refractivity contribution in [2.75, 3.05) is 14.1 Å². The number of aryl methyl sites for hydroxylation is 3. The molecule has 0 aliphatic carbocycles. The van der Waals surface area contributed by atoms with E-state index in [1.54, 1.807) is 27.3 Å². The molecule has 3 rings (SSSR count). The lowest BCUT2D eigenvalue weighted by Crippen LogP contribution is -2.35. The molecule has 7 heteroatoms. The number of imidazole rings is 1. The molecule has 0 saturated heterocycles. The second kappa shape index (κ2) is 7.51. The average Bonchev–Trinajstić information content (AvgIpc) is 2.89. The molecule has 0 unspecified atom stereocenters. The van der Waals surface area contributed by atoms with Crippen molar-refractivity contribution in [2.24, 2.45) is 7.05 Å². The van der Waals surface area contributed by atoms with Gasteiger partial charge in [0.2, 0.25) is 0 Å². The molecule has 2 aromatic heterocycles. The molecule has 0 N–H and O–H groups in total. The van der Waals surface area contributed by atoms with E-state index in [9.17, 15) is 9.59 Å². The molecule has 0 aliphatic rings. The van der Waals surface area contributed by atoms with Gasteiger partial charge in [0.05, 0.1) is 6.20 Å². The molecule has 0 fully saturated rings. The number of aromatic nitrogens is 4. The van der Waals surface area contributed by atoms with Crippen molar-refractivity contribution in [3.63, 3.8) is 0 Å². The number of hydrogen-bond acceptors (Lipinski definition) is 4. The van der Waals surface area contributed by atoms with Gasteiger partial charge in [0, 0.05) is 27.6 Å². The maximum Gasteiger partial charge on any atom is 0.338 e. The Morgan fingerprint density at radius 3 is 2.50 bits per heavy atom. The first kappa shape index (κ1) is 17.8. The summed E-state index contributed by atoms with van der Waals surface area (Å²) in [6.45, 7) is 0. The van der Waals surface area contributed by atoms with E-state index in [4.69, 9.17) is 0 Å². The molecule has 7 nitrogen and oxygen atoms in total. The van der Waals surface area contributed by atoms with Crippen LogP contribution >= 0.6 is 0 Å². The van der Waals surface area contributed by atoms with E-state index >= 15 is 0 Å². The summed E-state index contributed by atoms with van der Waals surface area (Å²) in [5, 5.41) is 0. The minimum absolute atomic E-state index is 0.365. The van der Waals surface area contributed by atoms with Gasteiger partial charge in [-0.05, 0) is 24.8 Å². The first-order valence-electron chi connectivity index (χ1n) is 8.68. The molecule has 0 saturated carbocycles. The van der Waals surface area contributed by atoms with Gasteiger partial charge in [-0.1, -0.05) is 30.3 Å². The van der Waals surface area contributed by atoms with E-state index in [0.717, 1.165) is 23.8 Å². The van der Waals surface area contributed by atoms with Crippen molar-refractivity contribution in [3.05, 3.63) is 58.4 Å². The van der Waals surface area contributed by atoms with E-state index in [1.807, 2.05) is 18.2 Å². The molecule has 0 spiro atoms. The monoisotopic (exact) mass is 353 g/mol. The highest BCUT2D eigenvalue weighted by Gasteiger charge is 2.20. The number of fused-ring (bicyclic) bond motifs is 1. The molecule has 0 atom stereocenters. The van der Waals surface area contributed by atoms with Gasteiger partial charge in [0.25, 0.3) is 0 Å². The van der Waals surface area contributed by atoms with Crippen LogP contribution in [0.5, 0.6) is 0 Å². The third-order valence-electron chi connectivity index (χ3n) is 4.38. The number of benzene rings is 1. The van der Waals surface area contributed by atoms with Crippen LogP contribution in [0.25, 0.3) is 11.2 Å². The number of nitrogens with zero attached hydrogens (tertiary/aromatic N) is 5. The van der Waals surface area contributed by atoms with E-state index in [1.165, 1.54) is 15.0 Å². The van der Waals surface area contributed by atoms with Crippen LogP contribution in [-0.2, 0) is 19.9 Å². The van der Waals surface area contributed by atoms with Gasteiger partial charge in [0.1, 0.15) is 11.3 Å². The van der Waals surface area contributed by atoms with E-state index < -0.39 is 11.7 Å². The lowest BCUT2D eigenvalue weighted by Gasteiger charge is -2.10. The third kappa shape index (κ3) is 3.51. The number of amides is 1. The van der Waals surface area contributed by atoms with Crippen LogP contribution in [0.1, 0.15) is 24.2 Å². The van der Waals surface area contributed by atoms with Gasteiger partial charge in [-0.15, -0.1) is 0 Å². The molecular formula is C19H23N5O2. The topological polar surface area (TPSA) is 73.0 Å². The zero-order valence-electron chi connectivity index (χ0n) is 15.3. The van der Waals surface area contributed by atoms with E-state index in [2.05, 4.69) is 22.1 Å². The smallest absolute Gasteiger partial charge is 0.330 e. The Morgan fingerprint density at radius 1 is 1.12 bits per heavy atom. The van der Waals surface area contributed by atoms with Crippen LogP contribution in [0.3, 0.4) is 0 Å². The maximum absolute atomic E-state index is 12.4. The molecule has 136 valence electrons. The molecule has 1 aromatic carbocycles. The molecular weight excluding hydrogens is 330 g/mol. The summed E-state index contributed by atoms with van der Waals surface area (Å²) in [4.78, 5) is 34.9. The highest BCUT2D eigenvalue weighted by atomic mass is 16.2. The van der Waals surface area contributed by atoms with Gasteiger partial charge in [-0.3, -0.25) is 4.57 Å². The SMILES string of the molecule is CN(C)C(=O)n1c(=O)n(C)c2cnc(CCCCc3ccccc3)nc21. The normalized spacial score (nSPS) is 11.0. The quantitative estimate of drug-likeness (QED) is 0.659. The fourth-order valence-corrected chi connectivity index (χ4v) is 2.90. The second-order valence-corrected chi connectivity index (χ2v) is 6.54. The summed E-state index contributed by atoms with van der Waals surface area (Å²) in [6.07, 6.45) is 5.32. The van der Waals surface area contributed by atoms with E-state index in [0.29, 0.717) is 23.4 Å². The van der Waals surface area contributed by atoms with Crippen LogP contribution in [0.15, 0.2) is 41.3 Å². The average molecular weight is 353 g/mol. The standard InChI is InChI=1S/C19H23N5O2/c1-22(2)18(25)24-17-15(23(3)19(24)26)13-20-16(21-17)12-8-7-11-14-9-5-4-6-10-14/h4-6,9-10,13H,7-8,11-12H2,1-3H3. The zero-order chi connectivity index (χ0) is 18.7. The van der Waals surface area contributed by atoms with Crippen LogP contribution in [0, 0.1) is 0 Å². The molecule has 0 aliphatic heterocycles. The van der Waals surface area contributed by atoms with Crippen molar-refractivity contribution in [1.82, 2.24) is 24.0 Å². The Morgan fingerprint density at radius 2 is 1.81 bits per heavy atom. The lowest BCUT2D eigenvalue weighted by molar-refractivity contribution is 0.219. The summed E-state index contributed by atoms with van der Waals surface area (Å²) in [7, 11) is 4.84. The fraction of sp³-hybridized carbons (Fsp3) is 0.368. The van der Waals surface area contributed by atoms with Crippen LogP contribution < -0.4 is 5.69 Å². The Balaban J connectivity index is 1.77. The number of carbonyl (C=O) groups is 1. The molecule has 1 amide bonds. The van der Waals surface area contributed by atoms with Gasteiger partial charge in [-0.25, -0.2) is 19.6 Å². The zero-order valence-corrected chi connectivity index (χ0v) is 15.3. The Labute approximate surface area is 151 Å². The lowest BCUT2D eigenvalue weighted by atomic mass is 10.1. The van der Waals surface area contributed by atoms with Gasteiger partial charge in [0.15, 0.2) is 5.65 Å². The van der Waals surface area contributed by atoms with Crippen molar-refractivity contribution in [1.29, 1.82) is 0 Å². The van der Waals surface area contributed by atoms with Crippen LogP contribution in [0.2, 0.25) is 0 Å². The predicted octanol–water partition coefficient (Wildman–Crippen LogP) is 2.23. The number of unbranched alkanes of at least 4 members (excludes halogenated alkanes) is 1. The first-order chi connectivity index (χ1) is 12.5. The molecule has 0 bridgehead atoms. The summed E-state index contributed by atoms with van der Waals surface area (Å²) >= 11 is 0. The van der Waals surface area contributed by atoms with Crippen LogP contribution in [0.4, 0.5) is 4.79 Å². The Bertz CT molecular complexity index is 973. The second-order valence-electron chi connectivity index (χ2n) is 6.54. The molecule has 2 heterocycles. The molecule has 3 aromatic rings. The molecule has 26 heavy (non-hydrogen) atoms. The van der Waals surface area contributed by atoms with E-state index in [-0.39, 0.29) is 0 Å². The third-order valence-corrected chi connectivity index (χ3v) is 4.38. The fourth-order valence-electron chi connectivity index (χ4n) is 2.90. The van der Waals surface area contributed by atoms with Crippen molar-refractivity contribution < 1.29 is 4.79 Å². The summed E-state index contributed by atoms with van der Waals surface area (Å²) in [5.41, 5.74) is 1.83. The maximum atomic E-state index is 12.4. The summed E-state index contributed by atoms with van der Waals surface area (Å²) in [6, 6.07) is 9.94. The van der Waals surface area contributed by atoms with Crippen molar-refractivity contribution in [3.8, 4) is 0 Å². The highest BCUT2D eigenvalue weighted by molar-refractivity contribution is 5.86. The minimum Gasteiger partial charge on any atom is -0.330 e. The van der Waals surface area contributed by atoms with Crippen LogP contribution in [-0.4, -0.2) is 44.1 Å². The van der Waals surface area contributed by atoms with Gasteiger partial charge in [-0.2, -0.15) is 4.57 Å². The largest absolute Gasteiger partial charge is 0.338 e. The summed E-state index contributed by atoms with van der Waals surface area (Å²) in [5.74, 6) is 0.650. The predicted molar refractivity (Wildman–Crippen MR) is 100 cm³/mol. The number of rotatable bonds is 5. The van der Waals surface area contributed by atoms with Crippen molar-refractivity contribution >= 4 is 17.2 Å². The molecule has 0 radical (unpaired) electrons. The van der Waals surface area contributed by atoms with Gasteiger partial charge < -0.3 is 4.90 Å². The van der Waals surface area contributed by atoms with Crippen molar-refractivity contribution in [2.45, 2.75) is 25.7 Å². The summed E-state index contributed by atoms with van der Waals surface area (Å²) < 4.78 is 2.50. The number of hydrogen-bond donors (Lipinski definition) is 0. The minimum atomic E-state index is -0.408. The van der Waals surface area contributed by atoms with Gasteiger partial charge >= 0.3 is 11.7 Å². The highest BCUT2D eigenvalue weighted by Crippen LogP contribution is 2.12. The first-order valence-corrected chi connectivity index (χ1v) is 8.68. The Kier molecular flexibility index (Phi) is 5.16.